The van der Waals surface area contributed by atoms with Gasteiger partial charge in [-0.15, -0.1) is 10.2 Å². The third kappa shape index (κ3) is 7.75. The van der Waals surface area contributed by atoms with Crippen LogP contribution in [-0.4, -0.2) is 46.9 Å². The predicted molar refractivity (Wildman–Crippen MR) is 111 cm³/mol. The monoisotopic (exact) mass is 400 g/mol. The van der Waals surface area contributed by atoms with Gasteiger partial charge in [-0.1, -0.05) is 60.5 Å². The van der Waals surface area contributed by atoms with Gasteiger partial charge < -0.3 is 10.6 Å². The van der Waals surface area contributed by atoms with E-state index in [1.807, 2.05) is 23.5 Å². The topological polar surface area (TPSA) is 49.8 Å². The van der Waals surface area contributed by atoms with Crippen LogP contribution in [0.25, 0.3) is 0 Å². The Balaban J connectivity index is 1.30. The molecule has 0 radical (unpaired) electrons. The number of hydrogen-bond acceptors (Lipinski definition) is 7. The molecule has 2 atom stereocenters. The minimum absolute atomic E-state index is 0.712. The van der Waals surface area contributed by atoms with Crippen LogP contribution in [-0.2, 0) is 0 Å². The van der Waals surface area contributed by atoms with Crippen LogP contribution >= 0.6 is 34.9 Å². The van der Waals surface area contributed by atoms with Gasteiger partial charge >= 0.3 is 0 Å². The molecule has 1 aromatic heterocycles. The summed E-state index contributed by atoms with van der Waals surface area (Å²) in [5, 5.41) is 16.1. The Morgan fingerprint density at radius 1 is 0.760 bits per heavy atom. The molecule has 2 N–H and O–H groups in total. The van der Waals surface area contributed by atoms with Crippen molar-refractivity contribution in [3.05, 3.63) is 0 Å². The Hall–Kier alpha value is 0.180. The van der Waals surface area contributed by atoms with Gasteiger partial charge in [0, 0.05) is 23.6 Å². The summed E-state index contributed by atoms with van der Waals surface area (Å²) in [5.74, 6) is 2.31. The van der Waals surface area contributed by atoms with Gasteiger partial charge in [0.1, 0.15) is 0 Å². The van der Waals surface area contributed by atoms with Gasteiger partial charge in [-0.25, -0.2) is 0 Å². The molecule has 7 heteroatoms. The van der Waals surface area contributed by atoms with Crippen LogP contribution in [0.2, 0.25) is 0 Å². The molecule has 0 aliphatic carbocycles. The van der Waals surface area contributed by atoms with Crippen LogP contribution < -0.4 is 10.6 Å². The van der Waals surface area contributed by atoms with Crippen molar-refractivity contribution in [3.8, 4) is 0 Å². The van der Waals surface area contributed by atoms with E-state index in [2.05, 4.69) is 20.8 Å². The molecule has 0 spiro atoms. The molecule has 25 heavy (non-hydrogen) atoms. The maximum atomic E-state index is 4.37. The van der Waals surface area contributed by atoms with E-state index < -0.39 is 0 Å². The van der Waals surface area contributed by atoms with Crippen LogP contribution in [0.15, 0.2) is 8.68 Å². The van der Waals surface area contributed by atoms with Crippen LogP contribution in [0.4, 0.5) is 0 Å². The van der Waals surface area contributed by atoms with E-state index in [1.165, 1.54) is 77.3 Å². The second-order valence-corrected chi connectivity index (χ2v) is 10.8. The van der Waals surface area contributed by atoms with E-state index in [-0.39, 0.29) is 0 Å². The van der Waals surface area contributed by atoms with Crippen LogP contribution in [0, 0.1) is 0 Å². The fraction of sp³-hybridized carbons (Fsp3) is 0.889. The normalized spacial score (nSPS) is 25.4. The zero-order chi connectivity index (χ0) is 17.2. The molecule has 0 aromatic carbocycles. The number of nitrogens with zero attached hydrogens (tertiary/aromatic N) is 2. The second kappa shape index (κ2) is 11.8. The summed E-state index contributed by atoms with van der Waals surface area (Å²) < 4.78 is 2.28. The Morgan fingerprint density at radius 2 is 1.28 bits per heavy atom. The maximum absolute atomic E-state index is 4.37. The summed E-state index contributed by atoms with van der Waals surface area (Å²) in [4.78, 5) is 0. The van der Waals surface area contributed by atoms with E-state index in [0.717, 1.165) is 20.2 Å². The number of thioether (sulfide) groups is 2. The number of hydrogen-bond donors (Lipinski definition) is 2. The molecule has 2 aliphatic heterocycles. The molecule has 3 rings (SSSR count). The highest BCUT2D eigenvalue weighted by Crippen LogP contribution is 2.30. The Kier molecular flexibility index (Phi) is 9.41. The second-order valence-electron chi connectivity index (χ2n) is 7.11. The highest BCUT2D eigenvalue weighted by atomic mass is 32.2. The van der Waals surface area contributed by atoms with E-state index in [1.54, 1.807) is 11.3 Å². The van der Waals surface area contributed by atoms with Gasteiger partial charge in [0.15, 0.2) is 8.68 Å². The van der Waals surface area contributed by atoms with E-state index in [0.29, 0.717) is 12.1 Å². The van der Waals surface area contributed by atoms with Crippen LogP contribution in [0.5, 0.6) is 0 Å². The molecule has 0 bridgehead atoms. The standard InChI is InChI=1S/C18H32N4S3/c1-3-7-15(19-11-5-1)9-13-23-17-21-22-18(25-17)24-14-10-16-8-4-2-6-12-20-16/h15-16,19-20H,1-14H2. The first-order valence-corrected chi connectivity index (χ1v) is 12.7. The molecule has 3 heterocycles. The highest BCUT2D eigenvalue weighted by molar-refractivity contribution is 8.03. The van der Waals surface area contributed by atoms with Gasteiger partial charge in [-0.3, -0.25) is 0 Å². The highest BCUT2D eigenvalue weighted by Gasteiger charge is 2.14. The zero-order valence-corrected chi connectivity index (χ0v) is 17.6. The molecular formula is C18H32N4S3. The van der Waals surface area contributed by atoms with Gasteiger partial charge in [0.05, 0.1) is 0 Å². The van der Waals surface area contributed by atoms with Gasteiger partial charge in [0.25, 0.3) is 0 Å². The lowest BCUT2D eigenvalue weighted by molar-refractivity contribution is 0.500. The van der Waals surface area contributed by atoms with E-state index >= 15 is 0 Å². The molecule has 2 fully saturated rings. The average molecular weight is 401 g/mol. The summed E-state index contributed by atoms with van der Waals surface area (Å²) in [6, 6.07) is 1.42. The minimum Gasteiger partial charge on any atom is -0.314 e. The first-order chi connectivity index (χ1) is 12.4. The number of nitrogens with one attached hydrogen (secondary N) is 2. The van der Waals surface area contributed by atoms with Crippen LogP contribution in [0.1, 0.15) is 64.2 Å². The zero-order valence-electron chi connectivity index (χ0n) is 15.2. The van der Waals surface area contributed by atoms with Crippen molar-refractivity contribution >= 4 is 34.9 Å². The lowest BCUT2D eigenvalue weighted by atomic mass is 10.1. The predicted octanol–water partition coefficient (Wildman–Crippen LogP) is 4.57. The number of rotatable bonds is 8. The Labute approximate surface area is 165 Å². The summed E-state index contributed by atoms with van der Waals surface area (Å²) in [7, 11) is 0. The quantitative estimate of drug-likeness (QED) is 0.624. The summed E-state index contributed by atoms with van der Waals surface area (Å²) in [5.41, 5.74) is 0. The molecule has 2 unspecified atom stereocenters. The first kappa shape index (κ1) is 19.9. The average Bonchev–Trinajstić information content (AvgIpc) is 2.83. The van der Waals surface area contributed by atoms with Gasteiger partial charge in [0.2, 0.25) is 0 Å². The molecule has 0 amide bonds. The lowest BCUT2D eigenvalue weighted by Crippen LogP contribution is -2.28. The summed E-state index contributed by atoms with van der Waals surface area (Å²) in [6.07, 6.45) is 13.4. The van der Waals surface area contributed by atoms with Gasteiger partial charge in [-0.2, -0.15) is 0 Å². The van der Waals surface area contributed by atoms with Crippen molar-refractivity contribution < 1.29 is 0 Å². The fourth-order valence-corrected chi connectivity index (χ4v) is 6.85. The molecule has 142 valence electrons. The van der Waals surface area contributed by atoms with E-state index in [9.17, 15) is 0 Å². The van der Waals surface area contributed by atoms with E-state index in [4.69, 9.17) is 0 Å². The molecule has 2 saturated heterocycles. The third-order valence-electron chi connectivity index (χ3n) is 5.10. The Morgan fingerprint density at radius 3 is 1.80 bits per heavy atom. The van der Waals surface area contributed by atoms with Crippen molar-refractivity contribution in [2.45, 2.75) is 85.0 Å². The van der Waals surface area contributed by atoms with Crippen molar-refractivity contribution in [1.82, 2.24) is 20.8 Å². The molecule has 1 aromatic rings. The summed E-state index contributed by atoms with van der Waals surface area (Å²) >= 11 is 5.55. The maximum Gasteiger partial charge on any atom is 0.175 e. The summed E-state index contributed by atoms with van der Waals surface area (Å²) in [6.45, 7) is 2.40. The largest absolute Gasteiger partial charge is 0.314 e. The van der Waals surface area contributed by atoms with Crippen molar-refractivity contribution in [2.24, 2.45) is 0 Å². The SMILES string of the molecule is C1CCNC(CCSc2nnc(SCCC3CCCCCN3)s2)CC1. The fourth-order valence-electron chi connectivity index (χ4n) is 3.59. The van der Waals surface area contributed by atoms with Crippen molar-refractivity contribution in [2.75, 3.05) is 24.6 Å². The first-order valence-electron chi connectivity index (χ1n) is 9.96. The number of aromatic nitrogens is 2. The lowest BCUT2D eigenvalue weighted by Gasteiger charge is -2.14. The van der Waals surface area contributed by atoms with Gasteiger partial charge in [-0.05, 0) is 51.6 Å². The molecule has 0 saturated carbocycles. The van der Waals surface area contributed by atoms with Crippen LogP contribution in [0.3, 0.4) is 0 Å². The molecule has 2 aliphatic rings. The Bertz CT molecular complexity index is 426. The smallest absolute Gasteiger partial charge is 0.175 e. The molecule has 4 nitrogen and oxygen atoms in total. The third-order valence-corrected chi connectivity index (χ3v) is 8.35. The minimum atomic E-state index is 0.712. The van der Waals surface area contributed by atoms with Crippen molar-refractivity contribution in [3.63, 3.8) is 0 Å². The van der Waals surface area contributed by atoms with Crippen molar-refractivity contribution in [1.29, 1.82) is 0 Å². The molecular weight excluding hydrogens is 368 g/mol.